The number of hydrogen-bond donors (Lipinski definition) is 0. The minimum atomic E-state index is -0.0418. The van der Waals surface area contributed by atoms with Crippen LogP contribution >= 0.6 is 11.6 Å². The minimum absolute atomic E-state index is 0.0418. The van der Waals surface area contributed by atoms with Crippen LogP contribution in [0, 0.1) is 0 Å². The molecule has 0 atom stereocenters. The highest BCUT2D eigenvalue weighted by molar-refractivity contribution is 6.29. The summed E-state index contributed by atoms with van der Waals surface area (Å²) in [6, 6.07) is 7.89. The van der Waals surface area contributed by atoms with Gasteiger partial charge in [0.05, 0.1) is 0 Å². The Bertz CT molecular complexity index is 769. The predicted octanol–water partition coefficient (Wildman–Crippen LogP) is 3.67. The first-order valence-electron chi connectivity index (χ1n) is 6.88. The van der Waals surface area contributed by atoms with Gasteiger partial charge in [-0.15, -0.1) is 10.2 Å². The van der Waals surface area contributed by atoms with Crippen LogP contribution < -0.4 is 0 Å². The van der Waals surface area contributed by atoms with Crippen LogP contribution in [0.5, 0.6) is 0 Å². The highest BCUT2D eigenvalue weighted by atomic mass is 35.5. The Morgan fingerprint density at radius 3 is 2.48 bits per heavy atom. The van der Waals surface area contributed by atoms with E-state index >= 15 is 0 Å². The normalized spacial score (nSPS) is 12.0. The van der Waals surface area contributed by atoms with Crippen LogP contribution in [0.4, 0.5) is 0 Å². The number of rotatable bonds is 2. The van der Waals surface area contributed by atoms with Crippen LogP contribution in [0.3, 0.4) is 0 Å². The molecule has 0 aliphatic heterocycles. The van der Waals surface area contributed by atoms with Crippen molar-refractivity contribution in [3.05, 3.63) is 58.8 Å². The molecule has 0 radical (unpaired) electrons. The lowest BCUT2D eigenvalue weighted by atomic mass is 9.96. The standard InChI is InChI=1S/C16H17ClN4/c1-16(2,3)15-20-19-14-7-5-12(10-21(14)15)8-11-4-6-13(17)18-9-11/h4-7,9-10H,8H2,1-3H3. The van der Waals surface area contributed by atoms with Gasteiger partial charge in [-0.2, -0.15) is 0 Å². The number of pyridine rings is 2. The summed E-state index contributed by atoms with van der Waals surface area (Å²) < 4.78 is 2.07. The molecule has 3 rings (SSSR count). The van der Waals surface area contributed by atoms with E-state index in [0.717, 1.165) is 23.5 Å². The molecule has 21 heavy (non-hydrogen) atoms. The van der Waals surface area contributed by atoms with Gasteiger partial charge in [-0.3, -0.25) is 4.40 Å². The van der Waals surface area contributed by atoms with Gasteiger partial charge in [0.15, 0.2) is 5.65 Å². The molecule has 0 saturated heterocycles. The number of nitrogens with zero attached hydrogens (tertiary/aromatic N) is 4. The first kappa shape index (κ1) is 14.0. The Morgan fingerprint density at radius 1 is 1.05 bits per heavy atom. The third kappa shape index (κ3) is 2.90. The van der Waals surface area contributed by atoms with Crippen molar-refractivity contribution in [2.24, 2.45) is 0 Å². The van der Waals surface area contributed by atoms with E-state index in [2.05, 4.69) is 52.6 Å². The second-order valence-corrected chi connectivity index (χ2v) is 6.59. The summed E-state index contributed by atoms with van der Waals surface area (Å²) in [5, 5.41) is 9.05. The molecule has 0 unspecified atom stereocenters. The van der Waals surface area contributed by atoms with E-state index in [0.29, 0.717) is 5.15 Å². The van der Waals surface area contributed by atoms with Crippen LogP contribution in [-0.4, -0.2) is 19.6 Å². The summed E-state index contributed by atoms with van der Waals surface area (Å²) in [6.07, 6.45) is 4.72. The van der Waals surface area contributed by atoms with Crippen LogP contribution in [0.15, 0.2) is 36.7 Å². The fourth-order valence-electron chi connectivity index (χ4n) is 2.30. The Kier molecular flexibility index (Phi) is 3.41. The Labute approximate surface area is 128 Å². The smallest absolute Gasteiger partial charge is 0.160 e. The average Bonchev–Trinajstić information content (AvgIpc) is 2.84. The van der Waals surface area contributed by atoms with Gasteiger partial charge in [0.2, 0.25) is 0 Å². The van der Waals surface area contributed by atoms with Gasteiger partial charge >= 0.3 is 0 Å². The topological polar surface area (TPSA) is 43.1 Å². The molecule has 108 valence electrons. The van der Waals surface area contributed by atoms with Gasteiger partial charge in [-0.25, -0.2) is 4.98 Å². The van der Waals surface area contributed by atoms with Crippen molar-refractivity contribution in [2.75, 3.05) is 0 Å². The molecule has 0 aromatic carbocycles. The molecule has 0 fully saturated rings. The fraction of sp³-hybridized carbons (Fsp3) is 0.312. The van der Waals surface area contributed by atoms with Crippen LogP contribution in [-0.2, 0) is 11.8 Å². The monoisotopic (exact) mass is 300 g/mol. The van der Waals surface area contributed by atoms with Crippen molar-refractivity contribution in [1.82, 2.24) is 19.6 Å². The van der Waals surface area contributed by atoms with Crippen molar-refractivity contribution < 1.29 is 0 Å². The molecule has 5 heteroatoms. The second-order valence-electron chi connectivity index (χ2n) is 6.21. The van der Waals surface area contributed by atoms with E-state index < -0.39 is 0 Å². The van der Waals surface area contributed by atoms with Gasteiger partial charge in [0, 0.05) is 24.2 Å². The molecule has 0 aliphatic carbocycles. The maximum atomic E-state index is 5.82. The van der Waals surface area contributed by atoms with Gasteiger partial charge in [-0.05, 0) is 23.3 Å². The van der Waals surface area contributed by atoms with Crippen LogP contribution in [0.1, 0.15) is 37.7 Å². The highest BCUT2D eigenvalue weighted by Gasteiger charge is 2.20. The summed E-state index contributed by atoms with van der Waals surface area (Å²) >= 11 is 5.82. The number of aromatic nitrogens is 4. The molecule has 0 aliphatic rings. The Hall–Kier alpha value is -1.94. The van der Waals surface area contributed by atoms with E-state index in [-0.39, 0.29) is 5.41 Å². The lowest BCUT2D eigenvalue weighted by Gasteiger charge is -2.16. The third-order valence-electron chi connectivity index (χ3n) is 3.33. The Balaban J connectivity index is 1.98. The lowest BCUT2D eigenvalue weighted by Crippen LogP contribution is -2.16. The molecule has 0 N–H and O–H groups in total. The Morgan fingerprint density at radius 2 is 1.81 bits per heavy atom. The van der Waals surface area contributed by atoms with Crippen molar-refractivity contribution in [2.45, 2.75) is 32.6 Å². The van der Waals surface area contributed by atoms with E-state index in [1.165, 1.54) is 5.56 Å². The van der Waals surface area contributed by atoms with Gasteiger partial charge < -0.3 is 0 Å². The summed E-state index contributed by atoms with van der Waals surface area (Å²) in [7, 11) is 0. The molecule has 0 amide bonds. The lowest BCUT2D eigenvalue weighted by molar-refractivity contribution is 0.538. The molecule has 3 heterocycles. The molecule has 4 nitrogen and oxygen atoms in total. The van der Waals surface area contributed by atoms with Crippen LogP contribution in [0.2, 0.25) is 5.15 Å². The zero-order chi connectivity index (χ0) is 15.0. The summed E-state index contributed by atoms with van der Waals surface area (Å²) in [5.74, 6) is 0.966. The average molecular weight is 301 g/mol. The zero-order valence-corrected chi connectivity index (χ0v) is 13.1. The van der Waals surface area contributed by atoms with E-state index in [1.807, 2.05) is 24.4 Å². The molecule has 3 aromatic rings. The number of halogens is 1. The molecular weight excluding hydrogens is 284 g/mol. The van der Waals surface area contributed by atoms with Crippen molar-refractivity contribution in [3.8, 4) is 0 Å². The molecular formula is C16H17ClN4. The van der Waals surface area contributed by atoms with Crippen molar-refractivity contribution >= 4 is 17.2 Å². The first-order valence-corrected chi connectivity index (χ1v) is 7.26. The SMILES string of the molecule is CC(C)(C)c1nnc2ccc(Cc3ccc(Cl)nc3)cn12. The molecule has 3 aromatic heterocycles. The first-order chi connectivity index (χ1) is 9.93. The third-order valence-corrected chi connectivity index (χ3v) is 3.55. The van der Waals surface area contributed by atoms with E-state index in [1.54, 1.807) is 0 Å². The van der Waals surface area contributed by atoms with E-state index in [4.69, 9.17) is 11.6 Å². The van der Waals surface area contributed by atoms with Gasteiger partial charge in [0.1, 0.15) is 11.0 Å². The summed E-state index contributed by atoms with van der Waals surface area (Å²) in [6.45, 7) is 6.41. The van der Waals surface area contributed by atoms with Crippen molar-refractivity contribution in [1.29, 1.82) is 0 Å². The molecule has 0 spiro atoms. The maximum absolute atomic E-state index is 5.82. The zero-order valence-electron chi connectivity index (χ0n) is 12.3. The largest absolute Gasteiger partial charge is 0.286 e. The minimum Gasteiger partial charge on any atom is -0.286 e. The van der Waals surface area contributed by atoms with Crippen LogP contribution in [0.25, 0.3) is 5.65 Å². The maximum Gasteiger partial charge on any atom is 0.160 e. The number of fused-ring (bicyclic) bond motifs is 1. The second kappa shape index (κ2) is 5.11. The van der Waals surface area contributed by atoms with Gasteiger partial charge in [0.25, 0.3) is 0 Å². The fourth-order valence-corrected chi connectivity index (χ4v) is 2.41. The predicted molar refractivity (Wildman–Crippen MR) is 83.7 cm³/mol. The quantitative estimate of drug-likeness (QED) is 0.678. The van der Waals surface area contributed by atoms with E-state index in [9.17, 15) is 0 Å². The summed E-state index contributed by atoms with van der Waals surface area (Å²) in [5.41, 5.74) is 3.15. The molecule has 0 saturated carbocycles. The highest BCUT2D eigenvalue weighted by Crippen LogP contribution is 2.21. The molecule has 0 bridgehead atoms. The number of hydrogen-bond acceptors (Lipinski definition) is 3. The summed E-state index contributed by atoms with van der Waals surface area (Å²) in [4.78, 5) is 4.12. The van der Waals surface area contributed by atoms with Gasteiger partial charge in [-0.1, -0.05) is 44.5 Å². The van der Waals surface area contributed by atoms with Crippen molar-refractivity contribution in [3.63, 3.8) is 0 Å².